The highest BCUT2D eigenvalue weighted by molar-refractivity contribution is 14.1. The number of anilines is 7. The Hall–Kier alpha value is -9.19. The van der Waals surface area contributed by atoms with Crippen LogP contribution in [-0.4, -0.2) is 177 Å². The van der Waals surface area contributed by atoms with Crippen LogP contribution in [0.4, 0.5) is 44.2 Å². The number of aliphatic hydroxyl groups is 1. The molecule has 0 aliphatic rings. The summed E-state index contributed by atoms with van der Waals surface area (Å²) in [5.41, 5.74) is 41.6. The van der Waals surface area contributed by atoms with E-state index in [9.17, 15) is 9.18 Å². The van der Waals surface area contributed by atoms with E-state index in [2.05, 4.69) is 528 Å². The standard InChI is InChI=1S/C19H24BrN.7C10H15N.2C9H12.C3H9N.C2H3IO.C2H3N.C2H6.CH3Cl.CH3F.CH3I.CH4O.O3S/c1-15-14-19(20)16(2)13-18(15)8-6-4-3-5-7-17-9-11-21-12-10-17;7*1-8-5-6-9(2)10(7-8)11(3)4;2*1-7-4-5-8(2)9(3)6-7;1-4(2)3;1-2(3)4;1-2-3;5*1-2;1-4(2)3/h9-14H,3-8H2,1-2H3;7*5-7H,1-4H3;2*4-6H,1-3H3;1-3H3;1H3;1H3;1-2H3;3*1H3;2H,1H3;. The first kappa shape index (κ1) is 147. The average Bonchev–Trinajstić information content (AvgIpc) is 0.837. The Bertz CT molecular complexity index is 4690. The minimum atomic E-state index is -3.11. The van der Waals surface area contributed by atoms with Crippen molar-refractivity contribution in [2.75, 3.05) is 180 Å². The molecule has 0 fully saturated rings. The Morgan fingerprint density at radius 1 is 0.333 bits per heavy atom. The molecule has 15 nitrogen and oxygen atoms in total. The SMILES string of the molecule is CC.CC#N.CC(=O)I.CCl.CF.CI.CN(C)C.CO.Cc1cc(CCCCCCc2ccncc2)c(C)cc1Br.Cc1ccc(C)c(C)c1.Cc1ccc(C)c(C)c1.Cc1ccc(C)c(N(C)C)c1.Cc1ccc(C)c(N(C)C)c1.Cc1ccc(C)c(N(C)C)c1.Cc1ccc(C)c(N(C)C)c1.Cc1ccc(C)c(N(C)C)c1.Cc1ccc(C)c(N(C)C)c1.Cc1ccc(C)c(N(C)C)c1.O=S(=O)=O. The Morgan fingerprint density at radius 3 is 0.667 bits per heavy atom. The fraction of sp³-hybridized carbons (Fsp3) is 0.442. The number of pyridine rings is 1. The van der Waals surface area contributed by atoms with Gasteiger partial charge in [0.1, 0.15) is 0 Å². The van der Waals surface area contributed by atoms with Crippen molar-refractivity contribution in [2.45, 2.75) is 219 Å². The number of nitriles is 1. The molecule has 0 spiro atoms. The summed E-state index contributed by atoms with van der Waals surface area (Å²) in [6, 6.07) is 69.1. The first-order valence-corrected chi connectivity index (χ1v) is 53.1. The van der Waals surface area contributed by atoms with E-state index in [-0.39, 0.29) is 3.79 Å². The third-order valence-corrected chi connectivity index (χ3v) is 21.1. The number of benzene rings is 10. The van der Waals surface area contributed by atoms with Crippen molar-refractivity contribution in [1.82, 2.24) is 9.88 Å². The van der Waals surface area contributed by atoms with E-state index in [4.69, 9.17) is 23.0 Å². The molecule has 0 unspecified atom stereocenters. The number of carbonyl (C=O) groups is 1. The summed E-state index contributed by atoms with van der Waals surface area (Å²) < 4.78 is 36.2. The maximum Gasteiger partial charge on any atom is 0.425 e. The fourth-order valence-corrected chi connectivity index (χ4v) is 13.3. The van der Waals surface area contributed by atoms with Gasteiger partial charge >= 0.3 is 10.6 Å². The molecule has 0 bridgehead atoms. The van der Waals surface area contributed by atoms with Crippen LogP contribution < -0.4 is 34.3 Å². The first-order chi connectivity index (χ1) is 65.9. The molecule has 21 heteroatoms. The number of unbranched alkanes of at least 4 members (excludes halogenated alkanes) is 3. The van der Waals surface area contributed by atoms with Crippen LogP contribution in [0.3, 0.4) is 0 Å². The van der Waals surface area contributed by atoms with Gasteiger partial charge < -0.3 is 44.3 Å². The largest absolute Gasteiger partial charge is 0.425 e. The van der Waals surface area contributed by atoms with Gasteiger partial charge in [-0.1, -0.05) is 204 Å². The van der Waals surface area contributed by atoms with Crippen LogP contribution in [0.25, 0.3) is 0 Å². The zero-order chi connectivity index (χ0) is 111. The van der Waals surface area contributed by atoms with E-state index < -0.39 is 10.6 Å². The smallest absolute Gasteiger partial charge is 0.400 e. The van der Waals surface area contributed by atoms with Gasteiger partial charge in [0, 0.05) is 183 Å². The monoisotopic (exact) mass is 2270 g/mol. The quantitative estimate of drug-likeness (QED) is 0.0475. The van der Waals surface area contributed by atoms with Crippen molar-refractivity contribution in [3.05, 3.63) is 338 Å². The van der Waals surface area contributed by atoms with Crippen molar-refractivity contribution < 1.29 is 26.9 Å². The van der Waals surface area contributed by atoms with Gasteiger partial charge in [-0.25, -0.2) is 0 Å². The van der Waals surface area contributed by atoms with Crippen molar-refractivity contribution in [3.63, 3.8) is 0 Å². The van der Waals surface area contributed by atoms with Crippen LogP contribution in [0.5, 0.6) is 0 Å². The lowest BCUT2D eigenvalue weighted by Gasteiger charge is -2.15. The lowest BCUT2D eigenvalue weighted by molar-refractivity contribution is -0.107. The lowest BCUT2D eigenvalue weighted by Crippen LogP contribution is -2.10. The number of nitrogens with zero attached hydrogens (tertiary/aromatic N) is 10. The third kappa shape index (κ3) is 76.2. The molecule has 10 aromatic carbocycles. The molecule has 11 aromatic rings. The number of hydrogen-bond donors (Lipinski definition) is 1. The van der Waals surface area contributed by atoms with Crippen LogP contribution in [0.2, 0.25) is 0 Å². The van der Waals surface area contributed by atoms with E-state index in [0.29, 0.717) is 7.18 Å². The average molecular weight is 2270 g/mol. The minimum absolute atomic E-state index is 0.137. The van der Waals surface area contributed by atoms with Gasteiger partial charge in [0.15, 0.2) is 3.79 Å². The second-order valence-corrected chi connectivity index (χ2v) is 38.3. The minimum Gasteiger partial charge on any atom is -0.400 e. The van der Waals surface area contributed by atoms with Crippen molar-refractivity contribution >= 4 is 127 Å². The van der Waals surface area contributed by atoms with Gasteiger partial charge in [-0.05, 0) is 410 Å². The highest BCUT2D eigenvalue weighted by Gasteiger charge is 2.08. The molecule has 1 heterocycles. The summed E-state index contributed by atoms with van der Waals surface area (Å²) in [6.07, 6.45) is 12.8. The van der Waals surface area contributed by atoms with Crippen LogP contribution in [-0.2, 0) is 28.2 Å². The molecule has 0 radical (unpaired) electrons. The molecular formula is C120H187BrClFI2N10O5S. The van der Waals surface area contributed by atoms with Crippen molar-refractivity contribution in [1.29, 1.82) is 5.26 Å². The predicted molar refractivity (Wildman–Crippen MR) is 650 cm³/mol. The fourth-order valence-electron chi connectivity index (χ4n) is 12.8. The van der Waals surface area contributed by atoms with E-state index in [1.807, 2.05) is 57.2 Å². The van der Waals surface area contributed by atoms with E-state index in [1.165, 1.54) is 237 Å². The third-order valence-electron chi connectivity index (χ3n) is 20.3. The molecule has 0 atom stereocenters. The highest BCUT2D eigenvalue weighted by Crippen LogP contribution is 2.27. The van der Waals surface area contributed by atoms with E-state index in [0.717, 1.165) is 7.11 Å². The highest BCUT2D eigenvalue weighted by atomic mass is 127. The van der Waals surface area contributed by atoms with Crippen LogP contribution in [0.15, 0.2) is 205 Å². The Balaban J connectivity index is -0.000000228. The Labute approximate surface area is 904 Å². The summed E-state index contributed by atoms with van der Waals surface area (Å²) in [6.45, 7) is 53.9. The number of aliphatic hydroxyl groups excluding tert-OH is 1. The van der Waals surface area contributed by atoms with Gasteiger partial charge in [-0.2, -0.15) is 5.26 Å². The molecule has 0 saturated carbocycles. The van der Waals surface area contributed by atoms with Crippen LogP contribution in [0, 0.1) is 164 Å². The Kier molecular flexibility index (Phi) is 92.4. The van der Waals surface area contributed by atoms with Crippen LogP contribution >= 0.6 is 72.7 Å². The van der Waals surface area contributed by atoms with Gasteiger partial charge in [0.25, 0.3) is 0 Å². The second-order valence-electron chi connectivity index (χ2n) is 35.5. The van der Waals surface area contributed by atoms with Crippen molar-refractivity contribution in [3.8, 4) is 6.07 Å². The molecule has 0 amide bonds. The lowest BCUT2D eigenvalue weighted by atomic mass is 9.99. The summed E-state index contributed by atoms with van der Waals surface area (Å²) >= 11 is 12.1. The number of rotatable bonds is 14. The first-order valence-electron chi connectivity index (χ1n) is 47.3. The molecule has 1 aromatic heterocycles. The number of aryl methyl sites for hydroxylation is 24. The molecular weight excluding hydrogens is 2080 g/mol. The van der Waals surface area contributed by atoms with E-state index in [1.54, 1.807) is 28.7 Å². The number of carbonyl (C=O) groups excluding carboxylic acids is 1. The molecule has 1 N–H and O–H groups in total. The zero-order valence-corrected chi connectivity index (χ0v) is 104. The van der Waals surface area contributed by atoms with Gasteiger partial charge in [0.2, 0.25) is 0 Å². The zero-order valence-electron chi connectivity index (χ0n) is 96.1. The summed E-state index contributed by atoms with van der Waals surface area (Å²) in [7, 11) is 33.4. The normalized spacial score (nSPS) is 9.09. The van der Waals surface area contributed by atoms with Gasteiger partial charge in [0.05, 0.1) is 13.2 Å². The molecule has 141 heavy (non-hydrogen) atoms. The second kappa shape index (κ2) is 88.5. The molecule has 0 aliphatic heterocycles. The van der Waals surface area contributed by atoms with Crippen LogP contribution in [0.1, 0.15) is 187 Å². The molecule has 11 rings (SSSR count). The molecule has 0 aliphatic carbocycles. The summed E-state index contributed by atoms with van der Waals surface area (Å²) in [5.74, 6) is 0. The number of halogens is 5. The Morgan fingerprint density at radius 2 is 0.504 bits per heavy atom. The predicted octanol–water partition coefficient (Wildman–Crippen LogP) is 31.4. The molecule has 0 saturated heterocycles. The van der Waals surface area contributed by atoms with Crippen molar-refractivity contribution in [2.24, 2.45) is 0 Å². The topological polar surface area (TPSA) is 151 Å². The number of aromatic nitrogens is 1. The summed E-state index contributed by atoms with van der Waals surface area (Å²) in [5, 5.41) is 14.3. The summed E-state index contributed by atoms with van der Waals surface area (Å²) in [4.78, 5) is 32.4. The molecule has 788 valence electrons. The maximum atomic E-state index is 9.50. The number of hydrogen-bond acceptors (Lipinski definition) is 15. The number of alkyl halides is 3. The maximum absolute atomic E-state index is 9.50. The van der Waals surface area contributed by atoms with Gasteiger partial charge in [-0.3, -0.25) is 14.2 Å². The van der Waals surface area contributed by atoms with E-state index >= 15 is 0 Å². The van der Waals surface area contributed by atoms with Gasteiger partial charge in [-0.15, -0.1) is 24.2 Å².